The van der Waals surface area contributed by atoms with Gasteiger partial charge in [0.2, 0.25) is 0 Å². The summed E-state index contributed by atoms with van der Waals surface area (Å²) in [7, 11) is 0. The van der Waals surface area contributed by atoms with Crippen molar-refractivity contribution < 1.29 is 9.13 Å². The van der Waals surface area contributed by atoms with Gasteiger partial charge in [-0.3, -0.25) is 0 Å². The molecule has 0 amide bonds. The number of halogens is 2. The monoisotopic (exact) mass is 289 g/mol. The highest BCUT2D eigenvalue weighted by molar-refractivity contribution is 6.30. The van der Waals surface area contributed by atoms with Gasteiger partial charge < -0.3 is 4.74 Å². The highest BCUT2D eigenvalue weighted by atomic mass is 35.5. The van der Waals surface area contributed by atoms with E-state index in [-0.39, 0.29) is 12.2 Å². The Labute approximate surface area is 122 Å². The molecule has 2 aromatic carbocycles. The van der Waals surface area contributed by atoms with Gasteiger partial charge >= 0.3 is 0 Å². The maximum atomic E-state index is 13.2. The minimum Gasteiger partial charge on any atom is -0.488 e. The molecule has 0 fully saturated rings. The second-order valence-corrected chi connectivity index (χ2v) is 5.02. The molecule has 0 saturated carbocycles. The van der Waals surface area contributed by atoms with Crippen LogP contribution < -0.4 is 4.74 Å². The summed E-state index contributed by atoms with van der Waals surface area (Å²) in [6, 6.07) is 9.85. The number of aryl methyl sites for hydroxylation is 2. The topological polar surface area (TPSA) is 33.0 Å². The van der Waals surface area contributed by atoms with Gasteiger partial charge in [0.05, 0.1) is 5.56 Å². The number of hydrogen-bond acceptors (Lipinski definition) is 2. The molecule has 0 aromatic heterocycles. The Morgan fingerprint density at radius 3 is 2.45 bits per heavy atom. The van der Waals surface area contributed by atoms with E-state index in [0.717, 1.165) is 22.4 Å². The molecule has 0 saturated heterocycles. The van der Waals surface area contributed by atoms with E-state index in [4.69, 9.17) is 21.6 Å². The van der Waals surface area contributed by atoms with E-state index < -0.39 is 5.82 Å². The van der Waals surface area contributed by atoms with Crippen molar-refractivity contribution in [3.63, 3.8) is 0 Å². The van der Waals surface area contributed by atoms with Crippen LogP contribution >= 0.6 is 11.6 Å². The van der Waals surface area contributed by atoms with Crippen molar-refractivity contribution in [1.29, 1.82) is 5.26 Å². The number of nitriles is 1. The van der Waals surface area contributed by atoms with Crippen molar-refractivity contribution in [2.24, 2.45) is 0 Å². The van der Waals surface area contributed by atoms with E-state index in [1.165, 1.54) is 12.1 Å². The Hall–Kier alpha value is -2.05. The molecule has 102 valence electrons. The fraction of sp³-hybridized carbons (Fsp3) is 0.188. The summed E-state index contributed by atoms with van der Waals surface area (Å²) in [4.78, 5) is 0. The molecular weight excluding hydrogens is 277 g/mol. The van der Waals surface area contributed by atoms with Gasteiger partial charge in [0.15, 0.2) is 0 Å². The lowest BCUT2D eigenvalue weighted by molar-refractivity contribution is 0.302. The minimum atomic E-state index is -0.518. The van der Waals surface area contributed by atoms with Gasteiger partial charge in [-0.25, -0.2) is 4.39 Å². The van der Waals surface area contributed by atoms with Crippen molar-refractivity contribution in [2.45, 2.75) is 20.5 Å². The van der Waals surface area contributed by atoms with Gasteiger partial charge in [-0.1, -0.05) is 17.7 Å². The predicted molar refractivity (Wildman–Crippen MR) is 76.4 cm³/mol. The van der Waals surface area contributed by atoms with E-state index in [9.17, 15) is 4.39 Å². The Morgan fingerprint density at radius 1 is 1.20 bits per heavy atom. The fourth-order valence-electron chi connectivity index (χ4n) is 2.03. The molecule has 2 rings (SSSR count). The van der Waals surface area contributed by atoms with Gasteiger partial charge in [-0.05, 0) is 54.8 Å². The van der Waals surface area contributed by atoms with Crippen LogP contribution in [0, 0.1) is 31.0 Å². The minimum absolute atomic E-state index is 0.0238. The van der Waals surface area contributed by atoms with Crippen LogP contribution in [-0.2, 0) is 6.61 Å². The van der Waals surface area contributed by atoms with Gasteiger partial charge in [0.1, 0.15) is 24.2 Å². The number of benzene rings is 2. The lowest BCUT2D eigenvalue weighted by atomic mass is 10.1. The quantitative estimate of drug-likeness (QED) is 0.830. The van der Waals surface area contributed by atoms with Crippen molar-refractivity contribution >= 4 is 11.6 Å². The standard InChI is InChI=1S/C16H13ClFNO/c1-10-5-14(17)6-11(2)16(10)20-9-12-3-4-15(18)13(7-12)8-19/h3-7H,9H2,1-2H3. The van der Waals surface area contributed by atoms with Gasteiger partial charge in [-0.15, -0.1) is 0 Å². The average Bonchev–Trinajstić information content (AvgIpc) is 2.39. The summed E-state index contributed by atoms with van der Waals surface area (Å²) in [6.07, 6.45) is 0. The molecule has 0 spiro atoms. The summed E-state index contributed by atoms with van der Waals surface area (Å²) in [5.41, 5.74) is 2.66. The van der Waals surface area contributed by atoms with Crippen LogP contribution in [0.4, 0.5) is 4.39 Å². The summed E-state index contributed by atoms with van der Waals surface area (Å²) in [6.45, 7) is 4.11. The zero-order valence-electron chi connectivity index (χ0n) is 11.2. The van der Waals surface area contributed by atoms with Crippen LogP contribution in [0.1, 0.15) is 22.3 Å². The van der Waals surface area contributed by atoms with Crippen molar-refractivity contribution in [3.05, 3.63) is 63.4 Å². The number of ether oxygens (including phenoxy) is 1. The Kier molecular flexibility index (Phi) is 4.26. The third kappa shape index (κ3) is 3.09. The normalized spacial score (nSPS) is 10.2. The molecule has 0 aliphatic heterocycles. The number of hydrogen-bond donors (Lipinski definition) is 0. The zero-order chi connectivity index (χ0) is 14.7. The molecule has 0 atom stereocenters. The van der Waals surface area contributed by atoms with Crippen LogP contribution in [0.25, 0.3) is 0 Å². The first-order chi connectivity index (χ1) is 9.51. The maximum absolute atomic E-state index is 13.2. The lowest BCUT2D eigenvalue weighted by Crippen LogP contribution is -2.00. The molecule has 0 aliphatic carbocycles. The maximum Gasteiger partial charge on any atom is 0.140 e. The smallest absolute Gasteiger partial charge is 0.140 e. The largest absolute Gasteiger partial charge is 0.488 e. The van der Waals surface area contributed by atoms with Crippen molar-refractivity contribution in [3.8, 4) is 11.8 Å². The van der Waals surface area contributed by atoms with Crippen LogP contribution in [0.5, 0.6) is 5.75 Å². The highest BCUT2D eigenvalue weighted by Gasteiger charge is 2.07. The molecule has 20 heavy (non-hydrogen) atoms. The zero-order valence-corrected chi connectivity index (χ0v) is 12.0. The van der Waals surface area contributed by atoms with E-state index in [0.29, 0.717) is 5.02 Å². The summed E-state index contributed by atoms with van der Waals surface area (Å²) in [5.74, 6) is 0.243. The van der Waals surface area contributed by atoms with Gasteiger partial charge in [-0.2, -0.15) is 5.26 Å². The van der Waals surface area contributed by atoms with Crippen molar-refractivity contribution in [2.75, 3.05) is 0 Å². The predicted octanol–water partition coefficient (Wildman–Crippen LogP) is 4.55. The fourth-order valence-corrected chi connectivity index (χ4v) is 2.36. The van der Waals surface area contributed by atoms with Gasteiger partial charge in [0, 0.05) is 5.02 Å². The first-order valence-electron chi connectivity index (χ1n) is 6.09. The molecular formula is C16H13ClFNO. The van der Waals surface area contributed by atoms with Gasteiger partial charge in [0.25, 0.3) is 0 Å². The first kappa shape index (κ1) is 14.4. The van der Waals surface area contributed by atoms with E-state index in [1.54, 1.807) is 6.07 Å². The third-order valence-electron chi connectivity index (χ3n) is 2.96. The lowest BCUT2D eigenvalue weighted by Gasteiger charge is -2.13. The Morgan fingerprint density at radius 2 is 1.85 bits per heavy atom. The van der Waals surface area contributed by atoms with E-state index in [2.05, 4.69) is 0 Å². The van der Waals surface area contributed by atoms with Crippen LogP contribution in [0.15, 0.2) is 30.3 Å². The van der Waals surface area contributed by atoms with E-state index >= 15 is 0 Å². The summed E-state index contributed by atoms with van der Waals surface area (Å²) < 4.78 is 19.0. The molecule has 4 heteroatoms. The molecule has 0 bridgehead atoms. The molecule has 2 aromatic rings. The molecule has 0 aliphatic rings. The Bertz CT molecular complexity index is 668. The summed E-state index contributed by atoms with van der Waals surface area (Å²) in [5, 5.41) is 9.47. The Balaban J connectivity index is 2.20. The third-order valence-corrected chi connectivity index (χ3v) is 3.18. The molecule has 0 radical (unpaired) electrons. The number of nitrogens with zero attached hydrogens (tertiary/aromatic N) is 1. The summed E-state index contributed by atoms with van der Waals surface area (Å²) >= 11 is 5.96. The SMILES string of the molecule is Cc1cc(Cl)cc(C)c1OCc1ccc(F)c(C#N)c1. The first-order valence-corrected chi connectivity index (χ1v) is 6.47. The molecule has 0 unspecified atom stereocenters. The molecule has 2 nitrogen and oxygen atoms in total. The van der Waals surface area contributed by atoms with Crippen LogP contribution in [-0.4, -0.2) is 0 Å². The number of rotatable bonds is 3. The van der Waals surface area contributed by atoms with Crippen molar-refractivity contribution in [1.82, 2.24) is 0 Å². The van der Waals surface area contributed by atoms with E-state index in [1.807, 2.05) is 32.0 Å². The van der Waals surface area contributed by atoms with Crippen LogP contribution in [0.3, 0.4) is 0 Å². The second-order valence-electron chi connectivity index (χ2n) is 4.58. The molecule has 0 N–H and O–H groups in total. The molecule has 0 heterocycles. The average molecular weight is 290 g/mol. The second kappa shape index (κ2) is 5.94. The highest BCUT2D eigenvalue weighted by Crippen LogP contribution is 2.27. The van der Waals surface area contributed by atoms with Crippen LogP contribution in [0.2, 0.25) is 5.02 Å².